The smallest absolute Gasteiger partial charge is 0.145 e. The van der Waals surface area contributed by atoms with E-state index in [1.807, 2.05) is 37.3 Å². The van der Waals surface area contributed by atoms with Gasteiger partial charge < -0.3 is 8.83 Å². The Hall–Kier alpha value is -4.82. The predicted octanol–water partition coefficient (Wildman–Crippen LogP) is 6.55. The van der Waals surface area contributed by atoms with E-state index in [4.69, 9.17) is 29.9 Å². The van der Waals surface area contributed by atoms with Gasteiger partial charge in [-0.25, -0.2) is 0 Å². The Labute approximate surface area is 188 Å². The first-order valence-corrected chi connectivity index (χ1v) is 10.1. The Balaban J connectivity index is 1.78. The molecule has 0 radical (unpaired) electrons. The molecule has 152 valence electrons. The molecule has 0 amide bonds. The molecule has 0 fully saturated rings. The van der Waals surface area contributed by atoms with E-state index in [0.29, 0.717) is 23.0 Å². The highest BCUT2D eigenvalue weighted by atomic mass is 32.1. The standard InChI is InChI=1S/C25H14N4O2S/c1-17-12-24(22-10-8-20(30-22)6-2-4-18(13-26)14-27)32-25(17)23-11-9-21(31-23)7-3-5-19(15-28)16-29/h2-12H,1H3/b6-2+,7-3+. The van der Waals surface area contributed by atoms with Crippen LogP contribution in [0.15, 0.2) is 74.6 Å². The molecule has 0 aromatic carbocycles. The molecular weight excluding hydrogens is 420 g/mol. The minimum absolute atomic E-state index is 0.0193. The SMILES string of the molecule is Cc1cc(-c2ccc(/C=C/C=C(C#N)C#N)o2)sc1-c1ccc(/C=C/C=C(C#N)C#N)o1. The number of allylic oxidation sites excluding steroid dienone is 6. The Bertz CT molecular complexity index is 1400. The number of hydrogen-bond acceptors (Lipinski definition) is 7. The highest BCUT2D eigenvalue weighted by Crippen LogP contribution is 2.39. The molecule has 6 nitrogen and oxygen atoms in total. The van der Waals surface area contributed by atoms with E-state index in [-0.39, 0.29) is 11.1 Å². The Kier molecular flexibility index (Phi) is 7.03. The molecular formula is C25H14N4O2S. The van der Waals surface area contributed by atoms with Crippen molar-refractivity contribution in [1.29, 1.82) is 21.0 Å². The normalized spacial score (nSPS) is 10.3. The third-order valence-electron chi connectivity index (χ3n) is 4.17. The maximum Gasteiger partial charge on any atom is 0.145 e. The van der Waals surface area contributed by atoms with Crippen molar-refractivity contribution in [2.24, 2.45) is 0 Å². The largest absolute Gasteiger partial charge is 0.456 e. The summed E-state index contributed by atoms with van der Waals surface area (Å²) in [5.41, 5.74) is 1.08. The second-order valence-corrected chi connectivity index (χ2v) is 7.41. The molecule has 0 unspecified atom stereocenters. The number of rotatable bonds is 6. The van der Waals surface area contributed by atoms with Crippen LogP contribution in [0.2, 0.25) is 0 Å². The summed E-state index contributed by atoms with van der Waals surface area (Å²) in [7, 11) is 0. The van der Waals surface area contributed by atoms with Gasteiger partial charge in [-0.1, -0.05) is 12.2 Å². The van der Waals surface area contributed by atoms with Crippen molar-refractivity contribution in [2.75, 3.05) is 0 Å². The molecule has 0 saturated carbocycles. The van der Waals surface area contributed by atoms with Crippen LogP contribution in [-0.4, -0.2) is 0 Å². The van der Waals surface area contributed by atoms with Gasteiger partial charge >= 0.3 is 0 Å². The zero-order valence-electron chi connectivity index (χ0n) is 16.9. The van der Waals surface area contributed by atoms with Crippen LogP contribution in [0.25, 0.3) is 33.4 Å². The van der Waals surface area contributed by atoms with Gasteiger partial charge in [0.2, 0.25) is 0 Å². The van der Waals surface area contributed by atoms with Crippen molar-refractivity contribution in [3.05, 3.63) is 82.9 Å². The number of thiophene rings is 1. The molecule has 7 heteroatoms. The molecule has 0 aliphatic carbocycles. The van der Waals surface area contributed by atoms with E-state index < -0.39 is 0 Å². The Morgan fingerprint density at radius 2 is 1.28 bits per heavy atom. The van der Waals surface area contributed by atoms with Gasteiger partial charge in [0.15, 0.2) is 0 Å². The van der Waals surface area contributed by atoms with Crippen molar-refractivity contribution in [2.45, 2.75) is 6.92 Å². The van der Waals surface area contributed by atoms with Gasteiger partial charge in [-0.05, 0) is 67.1 Å². The summed E-state index contributed by atoms with van der Waals surface area (Å²) in [6, 6.07) is 16.6. The van der Waals surface area contributed by atoms with Gasteiger partial charge in [0.1, 0.15) is 58.5 Å². The molecule has 0 N–H and O–H groups in total. The first kappa shape index (κ1) is 21.9. The van der Waals surface area contributed by atoms with Crippen molar-refractivity contribution in [1.82, 2.24) is 0 Å². The fourth-order valence-corrected chi connectivity index (χ4v) is 3.76. The highest BCUT2D eigenvalue weighted by Gasteiger charge is 2.14. The summed E-state index contributed by atoms with van der Waals surface area (Å²) in [5.74, 6) is 2.62. The molecule has 0 aliphatic heterocycles. The van der Waals surface area contributed by atoms with Crippen LogP contribution >= 0.6 is 11.3 Å². The average Bonchev–Trinajstić information content (AvgIpc) is 3.54. The topological polar surface area (TPSA) is 121 Å². The Morgan fingerprint density at radius 3 is 1.81 bits per heavy atom. The lowest BCUT2D eigenvalue weighted by molar-refractivity contribution is 0.572. The van der Waals surface area contributed by atoms with Crippen LogP contribution in [0.1, 0.15) is 17.1 Å². The lowest BCUT2D eigenvalue weighted by Gasteiger charge is -1.93. The summed E-state index contributed by atoms with van der Waals surface area (Å²) < 4.78 is 11.7. The minimum atomic E-state index is 0.0193. The Morgan fingerprint density at radius 1 is 0.781 bits per heavy atom. The summed E-state index contributed by atoms with van der Waals surface area (Å²) in [5, 5.41) is 35.0. The van der Waals surface area contributed by atoms with Gasteiger partial charge in [0.05, 0.1) is 9.75 Å². The molecule has 3 heterocycles. The third kappa shape index (κ3) is 5.21. The number of hydrogen-bond donors (Lipinski definition) is 0. The van der Waals surface area contributed by atoms with E-state index >= 15 is 0 Å². The van der Waals surface area contributed by atoms with Crippen molar-refractivity contribution < 1.29 is 8.83 Å². The maximum absolute atomic E-state index is 8.76. The first-order valence-electron chi connectivity index (χ1n) is 9.26. The van der Waals surface area contributed by atoms with Crippen LogP contribution < -0.4 is 0 Å². The molecule has 0 atom stereocenters. The minimum Gasteiger partial charge on any atom is -0.456 e. The summed E-state index contributed by atoms with van der Waals surface area (Å²) in [4.78, 5) is 1.90. The number of aryl methyl sites for hydroxylation is 1. The molecule has 3 rings (SSSR count). The van der Waals surface area contributed by atoms with Crippen molar-refractivity contribution in [3.8, 4) is 45.6 Å². The molecule has 3 aromatic heterocycles. The number of furan rings is 2. The van der Waals surface area contributed by atoms with E-state index in [0.717, 1.165) is 15.3 Å². The predicted molar refractivity (Wildman–Crippen MR) is 121 cm³/mol. The van der Waals surface area contributed by atoms with E-state index in [1.165, 1.54) is 23.5 Å². The summed E-state index contributed by atoms with van der Waals surface area (Å²) in [6.07, 6.45) is 9.42. The zero-order chi connectivity index (χ0) is 22.9. The molecule has 3 aromatic rings. The molecule has 32 heavy (non-hydrogen) atoms. The maximum atomic E-state index is 8.76. The summed E-state index contributed by atoms with van der Waals surface area (Å²) >= 11 is 1.53. The second kappa shape index (κ2) is 10.3. The fourth-order valence-electron chi connectivity index (χ4n) is 2.66. The third-order valence-corrected chi connectivity index (χ3v) is 5.43. The van der Waals surface area contributed by atoms with Gasteiger partial charge in [0, 0.05) is 0 Å². The zero-order valence-corrected chi connectivity index (χ0v) is 17.7. The van der Waals surface area contributed by atoms with Crippen LogP contribution in [0.5, 0.6) is 0 Å². The molecule has 0 spiro atoms. The second-order valence-electron chi connectivity index (χ2n) is 6.35. The van der Waals surface area contributed by atoms with Crippen LogP contribution in [0.3, 0.4) is 0 Å². The molecule has 0 aliphatic rings. The number of nitrogens with zero attached hydrogens (tertiary/aromatic N) is 4. The van der Waals surface area contributed by atoms with Crippen molar-refractivity contribution in [3.63, 3.8) is 0 Å². The van der Waals surface area contributed by atoms with Gasteiger partial charge in [-0.15, -0.1) is 11.3 Å². The van der Waals surface area contributed by atoms with Crippen LogP contribution in [-0.2, 0) is 0 Å². The lowest BCUT2D eigenvalue weighted by atomic mass is 10.2. The average molecular weight is 434 g/mol. The van der Waals surface area contributed by atoms with E-state index in [2.05, 4.69) is 0 Å². The van der Waals surface area contributed by atoms with E-state index in [9.17, 15) is 0 Å². The van der Waals surface area contributed by atoms with E-state index in [1.54, 1.807) is 48.6 Å². The van der Waals surface area contributed by atoms with Crippen molar-refractivity contribution >= 4 is 23.5 Å². The first-order chi connectivity index (χ1) is 15.6. The fraction of sp³-hybridized carbons (Fsp3) is 0.0400. The van der Waals surface area contributed by atoms with Crippen LogP contribution in [0, 0.1) is 52.2 Å². The van der Waals surface area contributed by atoms with Gasteiger partial charge in [-0.3, -0.25) is 0 Å². The summed E-state index contributed by atoms with van der Waals surface area (Å²) in [6.45, 7) is 1.99. The van der Waals surface area contributed by atoms with Crippen LogP contribution in [0.4, 0.5) is 0 Å². The highest BCUT2D eigenvalue weighted by molar-refractivity contribution is 7.18. The monoisotopic (exact) mass is 434 g/mol. The lowest BCUT2D eigenvalue weighted by Crippen LogP contribution is -1.70. The number of nitriles is 4. The quantitative estimate of drug-likeness (QED) is 0.320. The van der Waals surface area contributed by atoms with Gasteiger partial charge in [-0.2, -0.15) is 21.0 Å². The molecule has 0 saturated heterocycles. The molecule has 0 bridgehead atoms. The van der Waals surface area contributed by atoms with Gasteiger partial charge in [0.25, 0.3) is 0 Å².